The summed E-state index contributed by atoms with van der Waals surface area (Å²) in [7, 11) is 1.81. The summed E-state index contributed by atoms with van der Waals surface area (Å²) < 4.78 is 14.5. The number of carbonyl (C=O) groups is 2. The number of benzene rings is 2. The molecule has 156 valence electrons. The number of likely N-dealkylation sites (N-methyl/N-ethyl adjacent to an activating group) is 1. The van der Waals surface area contributed by atoms with Crippen LogP contribution in [0.15, 0.2) is 36.4 Å². The van der Waals surface area contributed by atoms with E-state index >= 15 is 0 Å². The smallest absolute Gasteiger partial charge is 0.243 e. The van der Waals surface area contributed by atoms with Crippen molar-refractivity contribution in [1.82, 2.24) is 21.2 Å². The summed E-state index contributed by atoms with van der Waals surface area (Å²) in [6, 6.07) is 10.6. The van der Waals surface area contributed by atoms with E-state index in [-0.39, 0.29) is 42.0 Å². The number of fused-ring (bicyclic) bond motifs is 2. The summed E-state index contributed by atoms with van der Waals surface area (Å²) in [5.41, 5.74) is 14.0. The van der Waals surface area contributed by atoms with E-state index in [2.05, 4.69) is 22.3 Å². The molecule has 3 heterocycles. The highest BCUT2D eigenvalue weighted by Gasteiger charge is 2.44. The van der Waals surface area contributed by atoms with Crippen LogP contribution in [0, 0.1) is 12.7 Å². The number of halogens is 1. The third-order valence-electron chi connectivity index (χ3n) is 6.32. The molecule has 0 spiro atoms. The lowest BCUT2D eigenvalue weighted by Crippen LogP contribution is -2.60. The largest absolute Gasteiger partial charge is 0.341 e. The molecular formula is C22H24FN5O2. The van der Waals surface area contributed by atoms with Crippen LogP contribution in [0.4, 0.5) is 10.1 Å². The van der Waals surface area contributed by atoms with Gasteiger partial charge in [-0.1, -0.05) is 30.3 Å². The minimum Gasteiger partial charge on any atom is -0.341 e. The van der Waals surface area contributed by atoms with Gasteiger partial charge in [-0.3, -0.25) is 15.0 Å². The molecule has 3 unspecified atom stereocenters. The van der Waals surface area contributed by atoms with E-state index in [4.69, 9.17) is 0 Å². The van der Waals surface area contributed by atoms with Gasteiger partial charge in [0.15, 0.2) is 0 Å². The van der Waals surface area contributed by atoms with Gasteiger partial charge in [-0.25, -0.2) is 20.3 Å². The average Bonchev–Trinajstić information content (AvgIpc) is 3.11. The highest BCUT2D eigenvalue weighted by atomic mass is 19.1. The predicted molar refractivity (Wildman–Crippen MR) is 110 cm³/mol. The summed E-state index contributed by atoms with van der Waals surface area (Å²) in [5, 5.41) is 1.36. The molecule has 3 atom stereocenters. The molecule has 8 heteroatoms. The number of aryl methyl sites for hydroxylation is 1. The van der Waals surface area contributed by atoms with Crippen molar-refractivity contribution in [3.05, 3.63) is 64.5 Å². The predicted octanol–water partition coefficient (Wildman–Crippen LogP) is 1.48. The van der Waals surface area contributed by atoms with Crippen molar-refractivity contribution in [2.75, 3.05) is 12.1 Å². The number of anilines is 1. The lowest BCUT2D eigenvalue weighted by molar-refractivity contribution is -0.130. The van der Waals surface area contributed by atoms with Crippen LogP contribution >= 0.6 is 0 Å². The second-order valence-electron chi connectivity index (χ2n) is 8.32. The zero-order valence-corrected chi connectivity index (χ0v) is 16.9. The Labute approximate surface area is 174 Å². The third kappa shape index (κ3) is 3.08. The van der Waals surface area contributed by atoms with Crippen molar-refractivity contribution in [3.63, 3.8) is 0 Å². The molecule has 5 rings (SSSR count). The standard InChI is InChI=1S/C22H24FN5O2/c1-12-4-3-5-16(23)22(12)28-19(30)10-17-21(26-28)20(25-24-17)14-7-6-13-9-18(29)27(2)11-15(13)8-14/h3-8,17,20-21,24-26H,9-11H2,1-2H3. The Morgan fingerprint density at radius 1 is 1.07 bits per heavy atom. The molecule has 0 aromatic heterocycles. The molecule has 2 fully saturated rings. The SMILES string of the molecule is Cc1cccc(F)c1N1NC2C(CC1=O)NNC2c1ccc2c(c1)CN(C)C(=O)C2. The Kier molecular flexibility index (Phi) is 4.57. The quantitative estimate of drug-likeness (QED) is 0.701. The van der Waals surface area contributed by atoms with Gasteiger partial charge in [0.25, 0.3) is 0 Å². The van der Waals surface area contributed by atoms with Crippen LogP contribution < -0.4 is 21.3 Å². The Morgan fingerprint density at radius 2 is 1.90 bits per heavy atom. The fraction of sp³-hybridized carbons (Fsp3) is 0.364. The number of hydrazine groups is 2. The molecule has 0 bridgehead atoms. The van der Waals surface area contributed by atoms with E-state index in [1.165, 1.54) is 11.1 Å². The van der Waals surface area contributed by atoms with E-state index in [0.717, 1.165) is 16.7 Å². The van der Waals surface area contributed by atoms with Gasteiger partial charge in [0.2, 0.25) is 11.8 Å². The van der Waals surface area contributed by atoms with Crippen LogP contribution in [-0.4, -0.2) is 35.8 Å². The average molecular weight is 409 g/mol. The van der Waals surface area contributed by atoms with Crippen LogP contribution in [0.1, 0.15) is 34.7 Å². The first-order valence-electron chi connectivity index (χ1n) is 10.1. The van der Waals surface area contributed by atoms with E-state index in [1.54, 1.807) is 24.0 Å². The van der Waals surface area contributed by atoms with Crippen molar-refractivity contribution < 1.29 is 14.0 Å². The number of para-hydroxylation sites is 1. The van der Waals surface area contributed by atoms with Crippen LogP contribution in [0.2, 0.25) is 0 Å². The van der Waals surface area contributed by atoms with Gasteiger partial charge >= 0.3 is 0 Å². The van der Waals surface area contributed by atoms with Gasteiger partial charge in [-0.15, -0.1) is 0 Å². The Morgan fingerprint density at radius 3 is 2.70 bits per heavy atom. The van der Waals surface area contributed by atoms with Crippen molar-refractivity contribution in [2.45, 2.75) is 44.4 Å². The van der Waals surface area contributed by atoms with Crippen molar-refractivity contribution in [2.24, 2.45) is 0 Å². The number of amides is 2. The van der Waals surface area contributed by atoms with Gasteiger partial charge in [-0.05, 0) is 35.2 Å². The van der Waals surface area contributed by atoms with Gasteiger partial charge < -0.3 is 4.90 Å². The van der Waals surface area contributed by atoms with E-state index in [0.29, 0.717) is 18.5 Å². The summed E-state index contributed by atoms with van der Waals surface area (Å²) in [5.74, 6) is -0.476. The van der Waals surface area contributed by atoms with Gasteiger partial charge in [0, 0.05) is 26.1 Å². The van der Waals surface area contributed by atoms with Crippen LogP contribution in [-0.2, 0) is 22.6 Å². The highest BCUT2D eigenvalue weighted by Crippen LogP contribution is 2.33. The molecule has 3 N–H and O–H groups in total. The molecule has 30 heavy (non-hydrogen) atoms. The second-order valence-corrected chi connectivity index (χ2v) is 8.32. The molecule has 2 amide bonds. The van der Waals surface area contributed by atoms with Crippen molar-refractivity contribution in [3.8, 4) is 0 Å². The van der Waals surface area contributed by atoms with E-state index < -0.39 is 5.82 Å². The lowest BCUT2D eigenvalue weighted by atomic mass is 9.90. The first kappa shape index (κ1) is 19.2. The molecule has 0 radical (unpaired) electrons. The minimum atomic E-state index is -0.425. The fourth-order valence-corrected chi connectivity index (χ4v) is 4.64. The number of hydrogen-bond acceptors (Lipinski definition) is 5. The molecule has 3 aliphatic heterocycles. The number of hydrogen-bond donors (Lipinski definition) is 3. The topological polar surface area (TPSA) is 76.7 Å². The maximum atomic E-state index is 14.5. The Balaban J connectivity index is 1.45. The summed E-state index contributed by atoms with van der Waals surface area (Å²) in [4.78, 5) is 26.4. The number of carbonyl (C=O) groups excluding carboxylic acids is 2. The number of nitrogens with zero attached hydrogens (tertiary/aromatic N) is 2. The van der Waals surface area contributed by atoms with Crippen LogP contribution in [0.25, 0.3) is 0 Å². The lowest BCUT2D eigenvalue weighted by Gasteiger charge is -2.37. The van der Waals surface area contributed by atoms with Crippen molar-refractivity contribution >= 4 is 17.5 Å². The normalized spacial score (nSPS) is 26.0. The minimum absolute atomic E-state index is 0.105. The Bertz CT molecular complexity index is 1020. The maximum Gasteiger partial charge on any atom is 0.243 e. The number of nitrogens with one attached hydrogen (secondary N) is 3. The van der Waals surface area contributed by atoms with Crippen LogP contribution in [0.5, 0.6) is 0 Å². The van der Waals surface area contributed by atoms with Crippen LogP contribution in [0.3, 0.4) is 0 Å². The third-order valence-corrected chi connectivity index (χ3v) is 6.32. The zero-order valence-electron chi connectivity index (χ0n) is 16.9. The summed E-state index contributed by atoms with van der Waals surface area (Å²) in [6.45, 7) is 2.38. The zero-order chi connectivity index (χ0) is 21.0. The second kappa shape index (κ2) is 7.16. The highest BCUT2D eigenvalue weighted by molar-refractivity contribution is 5.94. The first-order chi connectivity index (χ1) is 14.4. The van der Waals surface area contributed by atoms with E-state index in [9.17, 15) is 14.0 Å². The van der Waals surface area contributed by atoms with Gasteiger partial charge in [0.1, 0.15) is 5.82 Å². The van der Waals surface area contributed by atoms with E-state index in [1.807, 2.05) is 19.2 Å². The molecule has 0 aliphatic carbocycles. The number of rotatable bonds is 2. The fourth-order valence-electron chi connectivity index (χ4n) is 4.64. The maximum absolute atomic E-state index is 14.5. The van der Waals surface area contributed by atoms with Gasteiger partial charge in [0.05, 0.1) is 24.2 Å². The molecular weight excluding hydrogens is 385 g/mol. The molecule has 0 saturated carbocycles. The molecule has 2 saturated heterocycles. The Hall–Kier alpha value is -2.81. The van der Waals surface area contributed by atoms with Crippen molar-refractivity contribution in [1.29, 1.82) is 0 Å². The molecule has 3 aliphatic rings. The monoisotopic (exact) mass is 409 g/mol. The van der Waals surface area contributed by atoms with Gasteiger partial charge in [-0.2, -0.15) is 0 Å². The molecule has 2 aromatic rings. The summed E-state index contributed by atoms with van der Waals surface area (Å²) >= 11 is 0. The molecule has 7 nitrogen and oxygen atoms in total. The summed E-state index contributed by atoms with van der Waals surface area (Å²) in [6.07, 6.45) is 0.679. The first-order valence-corrected chi connectivity index (χ1v) is 10.1. The molecule has 2 aromatic carbocycles.